The van der Waals surface area contributed by atoms with E-state index in [0.29, 0.717) is 39.0 Å². The van der Waals surface area contributed by atoms with Crippen molar-refractivity contribution in [2.75, 3.05) is 52.4 Å². The zero-order chi connectivity index (χ0) is 47.8. The minimum absolute atomic E-state index is 0.135. The molecule has 15 nitrogen and oxygen atoms in total. The third-order valence-electron chi connectivity index (χ3n) is 7.13. The molecule has 0 rings (SSSR count). The molecule has 0 saturated carbocycles. The Morgan fingerprint density at radius 1 is 0.344 bits per heavy atom. The predicted molar refractivity (Wildman–Crippen MR) is 250 cm³/mol. The van der Waals surface area contributed by atoms with E-state index in [1.165, 1.54) is 39.0 Å². The smallest absolute Gasteiger partial charge is 0.407 e. The average molecular weight is 877 g/mol. The molecular weight excluding hydrogens is 781 g/mol. The summed E-state index contributed by atoms with van der Waals surface area (Å²) < 4.78 is 20.3. The Hall–Kier alpha value is -3.33. The van der Waals surface area contributed by atoms with Gasteiger partial charge in [-0.25, -0.2) is 19.2 Å². The van der Waals surface area contributed by atoms with E-state index in [1.54, 1.807) is 0 Å². The summed E-state index contributed by atoms with van der Waals surface area (Å²) in [6.07, 6.45) is 12.3. The van der Waals surface area contributed by atoms with Crippen LogP contribution in [0.3, 0.4) is 0 Å². The second-order valence-electron chi connectivity index (χ2n) is 18.8. The lowest BCUT2D eigenvalue weighted by molar-refractivity contribution is -0.117. The van der Waals surface area contributed by atoms with Crippen molar-refractivity contribution in [3.8, 4) is 0 Å². The lowest BCUT2D eigenvalue weighted by Crippen LogP contribution is -2.34. The zero-order valence-electron chi connectivity index (χ0n) is 42.0. The molecule has 0 fully saturated rings. The van der Waals surface area contributed by atoms with Crippen LogP contribution in [0.2, 0.25) is 0 Å². The fourth-order valence-electron chi connectivity index (χ4n) is 4.37. The van der Waals surface area contributed by atoms with Crippen LogP contribution in [0.5, 0.6) is 0 Å². The van der Waals surface area contributed by atoms with E-state index >= 15 is 0 Å². The number of rotatable bonds is 24. The van der Waals surface area contributed by atoms with E-state index in [9.17, 15) is 24.0 Å². The minimum Gasteiger partial charge on any atom is -0.444 e. The standard InChI is InChI=1S/2C13H28N2O2.C10H19NO3.C10H21NO2/c1-5-6-9-14-10-7-8-11-15-12(16)17-13(2,3)4;1-5-6-7-9-14-10-8-11-15-12(16)17-13(2,3)4;1-8(12)6-5-7-11-9(13)14-10(2,3)4;1-5-6-7-8-11-9(12)13-10(2,3)4/h2*14H,5-11H2,1-4H3,(H,15,16);5-7H2,1-4H3,(H,11,13);5-8H2,1-4H3,(H,11,12). The number of ether oxygens (including phenoxy) is 4. The maximum atomic E-state index is 11.3. The first kappa shape index (κ1) is 64.3. The van der Waals surface area contributed by atoms with Crippen molar-refractivity contribution in [1.82, 2.24) is 31.9 Å². The largest absolute Gasteiger partial charge is 0.444 e. The topological polar surface area (TPSA) is 194 Å². The molecule has 0 bridgehead atoms. The van der Waals surface area contributed by atoms with E-state index < -0.39 is 28.5 Å². The Morgan fingerprint density at radius 3 is 0.902 bits per heavy atom. The number of unbranched alkanes of at least 4 members (excludes halogenated alkanes) is 6. The molecule has 0 aliphatic heterocycles. The fraction of sp³-hybridized carbons (Fsp3) is 0.891. The van der Waals surface area contributed by atoms with Crippen molar-refractivity contribution in [3.63, 3.8) is 0 Å². The van der Waals surface area contributed by atoms with Crippen LogP contribution in [0.1, 0.15) is 194 Å². The van der Waals surface area contributed by atoms with Gasteiger partial charge in [0.15, 0.2) is 0 Å². The molecule has 6 N–H and O–H groups in total. The summed E-state index contributed by atoms with van der Waals surface area (Å²) in [6.45, 7) is 36.9. The quantitative estimate of drug-likeness (QED) is 0.0399. The molecule has 364 valence electrons. The maximum absolute atomic E-state index is 11.3. The SMILES string of the molecule is CC(=O)CCCNC(=O)OC(C)(C)C.CCCCCNC(=O)OC(C)(C)C.CCCCCNCCCNC(=O)OC(C)(C)C.CCCCNCCCCNC(=O)OC(C)(C)C. The highest BCUT2D eigenvalue weighted by Crippen LogP contribution is 2.09. The van der Waals surface area contributed by atoms with E-state index in [4.69, 9.17) is 18.9 Å². The Bertz CT molecular complexity index is 1050. The first-order valence-corrected chi connectivity index (χ1v) is 23.0. The summed E-state index contributed by atoms with van der Waals surface area (Å²) >= 11 is 0. The molecule has 0 spiro atoms. The highest BCUT2D eigenvalue weighted by molar-refractivity contribution is 5.75. The fourth-order valence-corrected chi connectivity index (χ4v) is 4.37. The van der Waals surface area contributed by atoms with Crippen LogP contribution in [0.4, 0.5) is 19.2 Å². The zero-order valence-corrected chi connectivity index (χ0v) is 42.0. The van der Waals surface area contributed by atoms with E-state index in [-0.39, 0.29) is 24.1 Å². The van der Waals surface area contributed by atoms with Gasteiger partial charge in [0.2, 0.25) is 0 Å². The third-order valence-corrected chi connectivity index (χ3v) is 7.13. The molecule has 0 aliphatic rings. The molecular formula is C46H96N6O9. The number of Topliss-reactive ketones (excluding diaryl/α,β-unsaturated/α-hetero) is 1. The summed E-state index contributed by atoms with van der Waals surface area (Å²) in [7, 11) is 0. The molecule has 0 unspecified atom stereocenters. The molecule has 0 radical (unpaired) electrons. The predicted octanol–water partition coefficient (Wildman–Crippen LogP) is 9.94. The Balaban J connectivity index is -0.000000357. The molecule has 0 aromatic heterocycles. The number of hydrogen-bond donors (Lipinski definition) is 6. The number of alkyl carbamates (subject to hydrolysis) is 4. The van der Waals surface area contributed by atoms with E-state index in [1.807, 2.05) is 83.1 Å². The van der Waals surface area contributed by atoms with Crippen LogP contribution in [0, 0.1) is 0 Å². The van der Waals surface area contributed by atoms with Crippen LogP contribution in [-0.4, -0.2) is 105 Å². The van der Waals surface area contributed by atoms with Gasteiger partial charge in [-0.3, -0.25) is 0 Å². The van der Waals surface area contributed by atoms with Gasteiger partial charge in [0.1, 0.15) is 28.2 Å². The van der Waals surface area contributed by atoms with Crippen molar-refractivity contribution in [2.24, 2.45) is 0 Å². The van der Waals surface area contributed by atoms with Crippen LogP contribution < -0.4 is 31.9 Å². The molecule has 4 amide bonds. The maximum Gasteiger partial charge on any atom is 0.407 e. The lowest BCUT2D eigenvalue weighted by atomic mass is 10.2. The monoisotopic (exact) mass is 877 g/mol. The van der Waals surface area contributed by atoms with Crippen molar-refractivity contribution in [1.29, 1.82) is 0 Å². The number of nitrogens with one attached hydrogen (secondary N) is 6. The van der Waals surface area contributed by atoms with Gasteiger partial charge in [0, 0.05) is 32.6 Å². The summed E-state index contributed by atoms with van der Waals surface area (Å²) in [5, 5.41) is 17.5. The van der Waals surface area contributed by atoms with Crippen molar-refractivity contribution in [2.45, 2.75) is 217 Å². The highest BCUT2D eigenvalue weighted by Gasteiger charge is 2.17. The molecule has 0 aromatic rings. The van der Waals surface area contributed by atoms with E-state index in [2.05, 4.69) is 52.7 Å². The van der Waals surface area contributed by atoms with Crippen LogP contribution in [0.15, 0.2) is 0 Å². The first-order chi connectivity index (χ1) is 28.2. The van der Waals surface area contributed by atoms with Gasteiger partial charge >= 0.3 is 24.4 Å². The van der Waals surface area contributed by atoms with Crippen molar-refractivity contribution >= 4 is 30.2 Å². The molecule has 0 aliphatic carbocycles. The normalized spacial score (nSPS) is 11.1. The first-order valence-electron chi connectivity index (χ1n) is 23.0. The summed E-state index contributed by atoms with van der Waals surface area (Å²) in [4.78, 5) is 55.3. The van der Waals surface area contributed by atoms with Crippen molar-refractivity contribution in [3.05, 3.63) is 0 Å². The van der Waals surface area contributed by atoms with Gasteiger partial charge < -0.3 is 55.6 Å². The second kappa shape index (κ2) is 39.5. The Morgan fingerprint density at radius 2 is 0.590 bits per heavy atom. The molecule has 0 heterocycles. The van der Waals surface area contributed by atoms with Gasteiger partial charge in [-0.05, 0) is 161 Å². The molecule has 0 saturated heterocycles. The van der Waals surface area contributed by atoms with Crippen LogP contribution >= 0.6 is 0 Å². The van der Waals surface area contributed by atoms with Gasteiger partial charge in [-0.2, -0.15) is 0 Å². The van der Waals surface area contributed by atoms with Crippen LogP contribution in [0.25, 0.3) is 0 Å². The Labute approximate surface area is 373 Å². The van der Waals surface area contributed by atoms with Gasteiger partial charge in [-0.1, -0.05) is 52.9 Å². The number of ketones is 1. The van der Waals surface area contributed by atoms with Gasteiger partial charge in [0.25, 0.3) is 0 Å². The summed E-state index contributed by atoms with van der Waals surface area (Å²) in [5.41, 5.74) is -1.69. The summed E-state index contributed by atoms with van der Waals surface area (Å²) in [6, 6.07) is 0. The molecule has 15 heteroatoms. The highest BCUT2D eigenvalue weighted by atomic mass is 16.6. The lowest BCUT2D eigenvalue weighted by Gasteiger charge is -2.19. The van der Waals surface area contributed by atoms with Crippen molar-refractivity contribution < 1.29 is 42.9 Å². The summed E-state index contributed by atoms with van der Waals surface area (Å²) in [5.74, 6) is 0.135. The van der Waals surface area contributed by atoms with Gasteiger partial charge in [0.05, 0.1) is 0 Å². The number of carbonyl (C=O) groups is 5. The van der Waals surface area contributed by atoms with Crippen LogP contribution in [-0.2, 0) is 23.7 Å². The number of hydrogen-bond acceptors (Lipinski definition) is 11. The number of amides is 4. The molecule has 0 atom stereocenters. The third kappa shape index (κ3) is 68.7. The minimum atomic E-state index is -0.468. The van der Waals surface area contributed by atoms with E-state index in [0.717, 1.165) is 64.7 Å². The number of carbonyl (C=O) groups excluding carboxylic acids is 5. The Kier molecular flexibility index (Phi) is 41.6. The average Bonchev–Trinajstić information content (AvgIpc) is 3.09. The molecule has 0 aromatic carbocycles. The molecule has 61 heavy (non-hydrogen) atoms. The second-order valence-corrected chi connectivity index (χ2v) is 18.8. The van der Waals surface area contributed by atoms with Gasteiger partial charge in [-0.15, -0.1) is 0 Å².